The Morgan fingerprint density at radius 2 is 1.56 bits per heavy atom. The van der Waals surface area contributed by atoms with Crippen LogP contribution in [0.3, 0.4) is 0 Å². The highest BCUT2D eigenvalue weighted by Crippen LogP contribution is 2.49. The fourth-order valence-electron chi connectivity index (χ4n) is 1.06. The van der Waals surface area contributed by atoms with Crippen LogP contribution in [-0.4, -0.2) is 15.5 Å². The minimum atomic E-state index is -3.03. The first-order valence-corrected chi connectivity index (χ1v) is 8.74. The number of hydrogen-bond acceptors (Lipinski definition) is 3. The van der Waals surface area contributed by atoms with Crippen molar-refractivity contribution in [3.8, 4) is 0 Å². The Morgan fingerprint density at radius 1 is 1.12 bits per heavy atom. The first-order chi connectivity index (χ1) is 6.05. The summed E-state index contributed by atoms with van der Waals surface area (Å²) < 4.78 is 0. The van der Waals surface area contributed by atoms with E-state index in [1.54, 1.807) is 0 Å². The van der Waals surface area contributed by atoms with Gasteiger partial charge in [-0.25, -0.2) is 0 Å². The highest BCUT2D eigenvalue weighted by molar-refractivity contribution is 8.65. The predicted octanol–water partition coefficient (Wildman–Crippen LogP) is 2.76. The molecule has 1 atom stereocenters. The first-order valence-electron chi connectivity index (χ1n) is 3.89. The fourth-order valence-corrected chi connectivity index (χ4v) is 6.63. The lowest BCUT2D eigenvalue weighted by Gasteiger charge is -2.14. The average Bonchev–Trinajstić information content (AvgIpc) is 2.05. The van der Waals surface area contributed by atoms with Crippen LogP contribution in [0.5, 0.6) is 0 Å². The van der Waals surface area contributed by atoms with Crippen LogP contribution in [0.1, 0.15) is 6.92 Å². The van der Waals surface area contributed by atoms with Gasteiger partial charge in [-0.15, -0.1) is 10.1 Å². The Hall–Kier alpha value is 0.150. The Kier molecular flexibility index (Phi) is 12.3. The minimum Gasteiger partial charge on any atom is -0.344 e. The lowest BCUT2D eigenvalue weighted by molar-refractivity contribution is 0.502. The van der Waals surface area contributed by atoms with E-state index in [1.807, 2.05) is 37.3 Å². The van der Waals surface area contributed by atoms with Gasteiger partial charge in [0.1, 0.15) is 0 Å². The van der Waals surface area contributed by atoms with E-state index in [9.17, 15) is 9.79 Å². The molecule has 0 amide bonds. The van der Waals surface area contributed by atoms with Crippen molar-refractivity contribution in [3.63, 3.8) is 0 Å². The lowest BCUT2D eigenvalue weighted by atomic mass is 10.4. The van der Waals surface area contributed by atoms with Crippen LogP contribution < -0.4 is 18.5 Å². The zero-order valence-electron chi connectivity index (χ0n) is 9.41. The van der Waals surface area contributed by atoms with Gasteiger partial charge in [0.2, 0.25) is 5.69 Å². The third-order valence-electron chi connectivity index (χ3n) is 1.58. The predicted molar refractivity (Wildman–Crippen MR) is 78.0 cm³/mol. The monoisotopic (exact) mass is 287 g/mol. The normalized spacial score (nSPS) is 11.5. The minimum absolute atomic E-state index is 0. The highest BCUT2D eigenvalue weighted by atomic mass is 32.9. The summed E-state index contributed by atoms with van der Waals surface area (Å²) in [5.74, 6) is 0.717. The maximum absolute atomic E-state index is 9.47. The lowest BCUT2D eigenvalue weighted by Crippen LogP contribution is -1.95. The van der Waals surface area contributed by atoms with E-state index in [0.717, 1.165) is 4.90 Å². The topological polar surface area (TPSA) is 145 Å². The van der Waals surface area contributed by atoms with Crippen LogP contribution in [0.25, 0.3) is 0 Å². The van der Waals surface area contributed by atoms with Gasteiger partial charge in [0.05, 0.1) is 0 Å². The van der Waals surface area contributed by atoms with Gasteiger partial charge < -0.3 is 28.2 Å². The van der Waals surface area contributed by atoms with E-state index < -0.39 is 15.8 Å². The molecule has 1 aromatic carbocycles. The van der Waals surface area contributed by atoms with Crippen molar-refractivity contribution in [1.82, 2.24) is 18.5 Å². The molecule has 0 aliphatic heterocycles. The molecule has 16 heavy (non-hydrogen) atoms. The Bertz CT molecular complexity index is 334. The molecule has 0 radical (unpaired) electrons. The summed E-state index contributed by atoms with van der Waals surface area (Å²) in [6.07, 6.45) is 0. The molecule has 0 aliphatic carbocycles. The third kappa shape index (κ3) is 6.03. The van der Waals surface area contributed by atoms with Crippen molar-refractivity contribution < 1.29 is 9.79 Å². The highest BCUT2D eigenvalue weighted by Gasteiger charge is 2.10. The average molecular weight is 287 g/mol. The van der Waals surface area contributed by atoms with Crippen molar-refractivity contribution in [2.45, 2.75) is 11.8 Å². The van der Waals surface area contributed by atoms with E-state index in [4.69, 9.17) is 0 Å². The molecule has 0 aromatic heterocycles. The fraction of sp³-hybridized carbons (Fsp3) is 0.250. The maximum Gasteiger partial charge on any atom is 0.203 e. The van der Waals surface area contributed by atoms with Crippen LogP contribution in [0, 0.1) is 0 Å². The largest absolute Gasteiger partial charge is 0.344 e. The number of thiol groups is 1. The first kappa shape index (κ1) is 21.4. The van der Waals surface area contributed by atoms with E-state index >= 15 is 0 Å². The Balaban J connectivity index is -0.000000563. The van der Waals surface area contributed by atoms with Gasteiger partial charge in [0.15, 0.2) is 0 Å². The molecule has 0 fully saturated rings. The summed E-state index contributed by atoms with van der Waals surface area (Å²) in [6, 6.07) is 9.52. The molecular formula is C8H22N3O2PS2. The van der Waals surface area contributed by atoms with Gasteiger partial charge in [0, 0.05) is 4.90 Å². The van der Waals surface area contributed by atoms with E-state index in [1.165, 1.54) is 0 Å². The number of hydrogen-bond donors (Lipinski definition) is 6. The second-order valence-electron chi connectivity index (χ2n) is 2.48. The van der Waals surface area contributed by atoms with Gasteiger partial charge in [-0.3, -0.25) is 0 Å². The zero-order chi connectivity index (χ0) is 9.90. The standard InChI is InChI=1S/C8H13O2PS2.3H3N/c1-2-13(11(9,10)12)8-6-4-3-5-7-8;;;/h3-7,9-10,12H,2H2,1H3;3*1H3. The second-order valence-corrected chi connectivity index (χ2v) is 10.6. The van der Waals surface area contributed by atoms with Gasteiger partial charge in [0.25, 0.3) is 0 Å². The number of benzene rings is 1. The Morgan fingerprint density at radius 3 is 1.88 bits per heavy atom. The molecule has 1 aromatic rings. The molecule has 5 nitrogen and oxygen atoms in total. The molecule has 0 bridgehead atoms. The summed E-state index contributed by atoms with van der Waals surface area (Å²) in [6.45, 7) is 1.94. The van der Waals surface area contributed by atoms with Crippen molar-refractivity contribution in [2.24, 2.45) is 0 Å². The second kappa shape index (κ2) is 9.21. The van der Waals surface area contributed by atoms with Crippen LogP contribution in [-0.2, 0) is 10.1 Å². The van der Waals surface area contributed by atoms with Gasteiger partial charge in [-0.05, 0) is 17.9 Å². The van der Waals surface area contributed by atoms with Crippen LogP contribution in [0.4, 0.5) is 0 Å². The summed E-state index contributed by atoms with van der Waals surface area (Å²) in [5, 5.41) is 0. The van der Waals surface area contributed by atoms with Crippen molar-refractivity contribution in [2.75, 3.05) is 5.75 Å². The van der Waals surface area contributed by atoms with Crippen LogP contribution in [0.15, 0.2) is 35.2 Å². The summed E-state index contributed by atoms with van der Waals surface area (Å²) in [5.41, 5.74) is -3.03. The third-order valence-corrected chi connectivity index (χ3v) is 8.49. The SMILES string of the molecule is CCS(c1ccccc1)=P(O)(O)S.N.N.N. The van der Waals surface area contributed by atoms with Crippen molar-refractivity contribution in [1.29, 1.82) is 0 Å². The number of rotatable bonds is 2. The van der Waals surface area contributed by atoms with Gasteiger partial charge in [-0.2, -0.15) is 0 Å². The van der Waals surface area contributed by atoms with Crippen molar-refractivity contribution in [3.05, 3.63) is 30.3 Å². The van der Waals surface area contributed by atoms with Crippen molar-refractivity contribution >= 4 is 28.0 Å². The summed E-state index contributed by atoms with van der Waals surface area (Å²) in [7, 11) is -0.526. The molecule has 11 N–H and O–H groups in total. The van der Waals surface area contributed by atoms with Crippen LogP contribution >= 0.6 is 17.9 Å². The molecule has 0 heterocycles. The molecular weight excluding hydrogens is 265 g/mol. The maximum atomic E-state index is 9.47. The van der Waals surface area contributed by atoms with E-state index in [2.05, 4.69) is 12.2 Å². The van der Waals surface area contributed by atoms with Gasteiger partial charge in [-0.1, -0.05) is 37.4 Å². The zero-order valence-corrected chi connectivity index (χ0v) is 12.0. The summed E-state index contributed by atoms with van der Waals surface area (Å²) >= 11 is 3.88. The van der Waals surface area contributed by atoms with E-state index in [-0.39, 0.29) is 18.5 Å². The molecule has 0 saturated heterocycles. The molecule has 0 saturated carbocycles. The van der Waals surface area contributed by atoms with Gasteiger partial charge >= 0.3 is 0 Å². The molecule has 0 aliphatic rings. The Labute approximate surface area is 104 Å². The molecule has 1 unspecified atom stereocenters. The quantitative estimate of drug-likeness (QED) is 0.366. The molecule has 98 valence electrons. The molecule has 8 heteroatoms. The van der Waals surface area contributed by atoms with E-state index in [0.29, 0.717) is 5.75 Å². The smallest absolute Gasteiger partial charge is 0.203 e. The van der Waals surface area contributed by atoms with Crippen LogP contribution in [0.2, 0.25) is 0 Å². The molecule has 0 spiro atoms. The summed E-state index contributed by atoms with van der Waals surface area (Å²) in [4.78, 5) is 19.9. The molecule has 1 rings (SSSR count).